The first-order chi connectivity index (χ1) is 7.31. The number of nitrogen functional groups attached to an aromatic ring is 1. The van der Waals surface area contributed by atoms with Crippen LogP contribution in [-0.4, -0.2) is 19.8 Å². The smallest absolute Gasteiger partial charge is 0.163 e. The molecule has 0 fully saturated rings. The maximum Gasteiger partial charge on any atom is 0.163 e. The minimum absolute atomic E-state index is 0.513. The Bertz CT molecular complexity index is 352. The molecule has 2 rings (SSSR count). The van der Waals surface area contributed by atoms with Crippen LogP contribution in [0.4, 0.5) is 5.69 Å². The van der Waals surface area contributed by atoms with Gasteiger partial charge in [-0.15, -0.1) is 0 Å². The molecule has 0 aromatic heterocycles. The van der Waals surface area contributed by atoms with Gasteiger partial charge in [-0.25, -0.2) is 0 Å². The number of rotatable bonds is 3. The van der Waals surface area contributed by atoms with Crippen LogP contribution in [0.25, 0.3) is 0 Å². The Morgan fingerprint density at radius 3 is 2.60 bits per heavy atom. The summed E-state index contributed by atoms with van der Waals surface area (Å²) < 4.78 is 16.2. The van der Waals surface area contributed by atoms with Crippen molar-refractivity contribution in [1.29, 1.82) is 0 Å². The summed E-state index contributed by atoms with van der Waals surface area (Å²) in [4.78, 5) is 0. The van der Waals surface area contributed by atoms with E-state index in [1.165, 1.54) is 0 Å². The zero-order chi connectivity index (χ0) is 10.7. The molecule has 0 unspecified atom stereocenters. The molecular formula is C11H15NO3. The molecule has 0 aliphatic carbocycles. The first-order valence-electron chi connectivity index (χ1n) is 5.07. The third-order valence-electron chi connectivity index (χ3n) is 2.27. The van der Waals surface area contributed by atoms with Gasteiger partial charge in [-0.05, 0) is 13.0 Å². The summed E-state index contributed by atoms with van der Waals surface area (Å²) in [6.07, 6.45) is 0. The summed E-state index contributed by atoms with van der Waals surface area (Å²) in [6.45, 7) is 4.31. The Morgan fingerprint density at radius 1 is 1.27 bits per heavy atom. The molecule has 4 nitrogen and oxygen atoms in total. The Morgan fingerprint density at radius 2 is 1.93 bits per heavy atom. The van der Waals surface area contributed by atoms with E-state index in [1.54, 1.807) is 6.07 Å². The van der Waals surface area contributed by atoms with Gasteiger partial charge in [0.15, 0.2) is 11.5 Å². The second kappa shape index (κ2) is 4.40. The largest absolute Gasteiger partial charge is 0.486 e. The minimum Gasteiger partial charge on any atom is -0.486 e. The summed E-state index contributed by atoms with van der Waals surface area (Å²) in [5, 5.41) is 0. The summed E-state index contributed by atoms with van der Waals surface area (Å²) in [5.74, 6) is 1.48. The van der Waals surface area contributed by atoms with Crippen molar-refractivity contribution in [2.24, 2.45) is 0 Å². The molecule has 0 bridgehead atoms. The topological polar surface area (TPSA) is 53.7 Å². The lowest BCUT2D eigenvalue weighted by Crippen LogP contribution is -2.16. The third-order valence-corrected chi connectivity index (χ3v) is 2.27. The van der Waals surface area contributed by atoms with Crippen LogP contribution in [0.2, 0.25) is 0 Å². The first kappa shape index (κ1) is 10.1. The van der Waals surface area contributed by atoms with Gasteiger partial charge in [0.1, 0.15) is 13.2 Å². The predicted octanol–water partition coefficient (Wildman–Crippen LogP) is 1.58. The highest BCUT2D eigenvalue weighted by atomic mass is 16.6. The van der Waals surface area contributed by atoms with E-state index >= 15 is 0 Å². The van der Waals surface area contributed by atoms with Gasteiger partial charge in [0.05, 0.1) is 6.61 Å². The van der Waals surface area contributed by atoms with Crippen LogP contribution in [0.15, 0.2) is 12.1 Å². The van der Waals surface area contributed by atoms with E-state index in [4.69, 9.17) is 19.9 Å². The molecule has 0 amide bonds. The second-order valence-electron chi connectivity index (χ2n) is 3.33. The van der Waals surface area contributed by atoms with Crippen LogP contribution in [0.3, 0.4) is 0 Å². The van der Waals surface area contributed by atoms with E-state index in [0.717, 1.165) is 17.1 Å². The molecule has 0 saturated heterocycles. The predicted molar refractivity (Wildman–Crippen MR) is 57.2 cm³/mol. The molecule has 1 heterocycles. The molecule has 1 aliphatic rings. The lowest BCUT2D eigenvalue weighted by atomic mass is 10.1. The third kappa shape index (κ3) is 2.15. The van der Waals surface area contributed by atoms with Crippen LogP contribution < -0.4 is 15.2 Å². The van der Waals surface area contributed by atoms with Gasteiger partial charge >= 0.3 is 0 Å². The molecule has 82 valence electrons. The number of hydrogen-bond donors (Lipinski definition) is 1. The highest BCUT2D eigenvalue weighted by molar-refractivity contribution is 5.58. The number of anilines is 1. The van der Waals surface area contributed by atoms with Crippen LogP contribution in [0, 0.1) is 0 Å². The van der Waals surface area contributed by atoms with Gasteiger partial charge in [-0.1, -0.05) is 0 Å². The standard InChI is InChI=1S/C11H15NO3/c1-2-13-7-8-5-10-11(6-9(8)12)15-4-3-14-10/h5-6H,2-4,7,12H2,1H3. The Labute approximate surface area is 88.9 Å². The molecule has 0 spiro atoms. The molecule has 2 N–H and O–H groups in total. The van der Waals surface area contributed by atoms with Crippen molar-refractivity contribution in [3.63, 3.8) is 0 Å². The van der Waals surface area contributed by atoms with Crippen molar-refractivity contribution in [3.05, 3.63) is 17.7 Å². The Hall–Kier alpha value is -1.42. The zero-order valence-electron chi connectivity index (χ0n) is 8.79. The van der Waals surface area contributed by atoms with Gasteiger partial charge < -0.3 is 19.9 Å². The quantitative estimate of drug-likeness (QED) is 0.768. The van der Waals surface area contributed by atoms with Crippen molar-refractivity contribution in [1.82, 2.24) is 0 Å². The molecule has 1 aromatic rings. The Kier molecular flexibility index (Phi) is 2.97. The van der Waals surface area contributed by atoms with Crippen LogP contribution in [0.1, 0.15) is 12.5 Å². The van der Waals surface area contributed by atoms with Gasteiger partial charge in [-0.2, -0.15) is 0 Å². The molecule has 4 heteroatoms. The van der Waals surface area contributed by atoms with Gasteiger partial charge in [0.2, 0.25) is 0 Å². The Balaban J connectivity index is 2.24. The lowest BCUT2D eigenvalue weighted by molar-refractivity contribution is 0.133. The van der Waals surface area contributed by atoms with Crippen molar-refractivity contribution in [2.75, 3.05) is 25.6 Å². The van der Waals surface area contributed by atoms with E-state index in [-0.39, 0.29) is 0 Å². The van der Waals surface area contributed by atoms with Crippen molar-refractivity contribution < 1.29 is 14.2 Å². The summed E-state index contributed by atoms with van der Waals surface area (Å²) >= 11 is 0. The van der Waals surface area contributed by atoms with E-state index in [9.17, 15) is 0 Å². The van der Waals surface area contributed by atoms with Gasteiger partial charge in [0.25, 0.3) is 0 Å². The van der Waals surface area contributed by atoms with Crippen molar-refractivity contribution in [2.45, 2.75) is 13.5 Å². The average molecular weight is 209 g/mol. The highest BCUT2D eigenvalue weighted by Gasteiger charge is 2.14. The van der Waals surface area contributed by atoms with Crippen LogP contribution >= 0.6 is 0 Å². The second-order valence-corrected chi connectivity index (χ2v) is 3.33. The van der Waals surface area contributed by atoms with Crippen LogP contribution in [0.5, 0.6) is 11.5 Å². The van der Waals surface area contributed by atoms with Gasteiger partial charge in [-0.3, -0.25) is 0 Å². The van der Waals surface area contributed by atoms with E-state index < -0.39 is 0 Å². The molecular weight excluding hydrogens is 194 g/mol. The van der Waals surface area contributed by atoms with Crippen molar-refractivity contribution in [3.8, 4) is 11.5 Å². The minimum atomic E-state index is 0.513. The van der Waals surface area contributed by atoms with E-state index in [0.29, 0.717) is 32.1 Å². The highest BCUT2D eigenvalue weighted by Crippen LogP contribution is 2.34. The molecule has 0 radical (unpaired) electrons. The fraction of sp³-hybridized carbons (Fsp3) is 0.455. The monoisotopic (exact) mass is 209 g/mol. The van der Waals surface area contributed by atoms with E-state index in [1.807, 2.05) is 13.0 Å². The van der Waals surface area contributed by atoms with Gasteiger partial charge in [0, 0.05) is 23.9 Å². The normalized spacial score (nSPS) is 13.9. The van der Waals surface area contributed by atoms with E-state index in [2.05, 4.69) is 0 Å². The average Bonchev–Trinajstić information content (AvgIpc) is 2.26. The SMILES string of the molecule is CCOCc1cc2c(cc1N)OCCO2. The first-order valence-corrected chi connectivity index (χ1v) is 5.07. The maximum absolute atomic E-state index is 5.87. The molecule has 1 aliphatic heterocycles. The zero-order valence-corrected chi connectivity index (χ0v) is 8.79. The summed E-state index contributed by atoms with van der Waals surface area (Å²) in [6, 6.07) is 3.68. The summed E-state index contributed by atoms with van der Waals surface area (Å²) in [5.41, 5.74) is 7.50. The molecule has 15 heavy (non-hydrogen) atoms. The molecule has 1 aromatic carbocycles. The van der Waals surface area contributed by atoms with Crippen molar-refractivity contribution >= 4 is 5.69 Å². The number of nitrogens with two attached hydrogens (primary N) is 1. The number of benzene rings is 1. The molecule has 0 saturated carbocycles. The summed E-state index contributed by atoms with van der Waals surface area (Å²) in [7, 11) is 0. The number of hydrogen-bond acceptors (Lipinski definition) is 4. The molecule has 0 atom stereocenters. The fourth-order valence-corrected chi connectivity index (χ4v) is 1.48. The fourth-order valence-electron chi connectivity index (χ4n) is 1.48. The number of ether oxygens (including phenoxy) is 3. The lowest BCUT2D eigenvalue weighted by Gasteiger charge is -2.20. The number of fused-ring (bicyclic) bond motifs is 1. The van der Waals surface area contributed by atoms with Crippen LogP contribution in [-0.2, 0) is 11.3 Å². The maximum atomic E-state index is 5.87.